The molecule has 0 aliphatic rings. The monoisotopic (exact) mass is 891 g/mol. The fraction of sp³-hybridized carbons (Fsp3) is 0.615. The van der Waals surface area contributed by atoms with Gasteiger partial charge in [0.05, 0.1) is 6.04 Å². The van der Waals surface area contributed by atoms with E-state index in [1.807, 2.05) is 13.8 Å². The maximum Gasteiger partial charge on any atom is 0.244 e. The summed E-state index contributed by atoms with van der Waals surface area (Å²) < 4.78 is 0. The molecule has 1 aromatic carbocycles. The van der Waals surface area contributed by atoms with E-state index in [1.54, 1.807) is 6.92 Å². The highest BCUT2D eigenvalue weighted by atomic mass is 16.3. The number of aromatic hydroxyl groups is 1. The van der Waals surface area contributed by atoms with Gasteiger partial charge in [-0.15, -0.1) is 0 Å². The molecule has 24 heteroatoms. The molecule has 0 saturated heterocycles. The van der Waals surface area contributed by atoms with Crippen LogP contribution in [-0.4, -0.2) is 127 Å². The lowest BCUT2D eigenvalue weighted by Crippen LogP contribution is -2.61. The highest BCUT2D eigenvalue weighted by Crippen LogP contribution is 2.13. The Balaban J connectivity index is 3.33. The van der Waals surface area contributed by atoms with Crippen molar-refractivity contribution >= 4 is 53.3 Å². The minimum Gasteiger partial charge on any atom is -0.508 e. The highest BCUT2D eigenvalue weighted by molar-refractivity contribution is 5.97. The molecule has 23 N–H and O–H groups in total. The van der Waals surface area contributed by atoms with Crippen LogP contribution in [0.2, 0.25) is 0 Å². The molecule has 0 aliphatic heterocycles. The van der Waals surface area contributed by atoms with Gasteiger partial charge in [0.2, 0.25) is 41.4 Å². The molecule has 1 rings (SSSR count). The van der Waals surface area contributed by atoms with Gasteiger partial charge in [-0.2, -0.15) is 0 Å². The Kier molecular flexibility index (Phi) is 25.3. The van der Waals surface area contributed by atoms with E-state index in [2.05, 4.69) is 41.9 Å². The predicted molar refractivity (Wildman–Crippen MR) is 237 cm³/mol. The summed E-state index contributed by atoms with van der Waals surface area (Å²) >= 11 is 0. The quantitative estimate of drug-likeness (QED) is 0.0195. The van der Waals surface area contributed by atoms with E-state index in [1.165, 1.54) is 24.3 Å². The third-order valence-electron chi connectivity index (χ3n) is 9.53. The Bertz CT molecular complexity index is 1700. The van der Waals surface area contributed by atoms with Crippen molar-refractivity contribution in [2.75, 3.05) is 26.2 Å². The van der Waals surface area contributed by atoms with Crippen LogP contribution in [0.25, 0.3) is 0 Å². The lowest BCUT2D eigenvalue weighted by atomic mass is 10.0. The van der Waals surface area contributed by atoms with Gasteiger partial charge in [0.15, 0.2) is 11.9 Å². The van der Waals surface area contributed by atoms with Crippen molar-refractivity contribution in [1.82, 2.24) is 31.9 Å². The molecular formula is C39H70N16O8. The largest absolute Gasteiger partial charge is 0.508 e. The Morgan fingerprint density at radius 1 is 0.556 bits per heavy atom. The second kappa shape index (κ2) is 29.1. The van der Waals surface area contributed by atoms with E-state index < -0.39 is 83.6 Å². The zero-order valence-electron chi connectivity index (χ0n) is 36.4. The summed E-state index contributed by atoms with van der Waals surface area (Å²) in [5.41, 5.74) is 45.3. The van der Waals surface area contributed by atoms with Crippen LogP contribution in [0.3, 0.4) is 0 Å². The van der Waals surface area contributed by atoms with Crippen molar-refractivity contribution in [3.8, 4) is 5.75 Å². The maximum atomic E-state index is 14.0. The summed E-state index contributed by atoms with van der Waals surface area (Å²) in [4.78, 5) is 101. The Hall–Kier alpha value is -6.27. The van der Waals surface area contributed by atoms with E-state index in [0.29, 0.717) is 24.8 Å². The summed E-state index contributed by atoms with van der Waals surface area (Å²) in [7, 11) is 0. The van der Waals surface area contributed by atoms with Gasteiger partial charge in [-0.1, -0.05) is 39.3 Å². The van der Waals surface area contributed by atoms with Crippen LogP contribution < -0.4 is 77.8 Å². The van der Waals surface area contributed by atoms with Gasteiger partial charge in [-0.05, 0) is 68.6 Å². The molecule has 0 aliphatic carbocycles. The van der Waals surface area contributed by atoms with Crippen LogP contribution in [-0.2, 0) is 40.0 Å². The number of hydrogen-bond acceptors (Lipinski definition) is 13. The van der Waals surface area contributed by atoms with Gasteiger partial charge >= 0.3 is 0 Å². The standard InChI is InChI=1S/C39H70N16O8/c1-4-7-26(51-34(60)27(9-6-17-49-39(46)47)52-37(63)29(19-40)54-32(58)24(42)8-5-16-48-38(44)45)33(59)53-28(18-22-11-13-23(56)14-12-22)35(61)55-30(20-41)36(62)50-25(31(43)57)15-10-21(2)3/h11-14,21,24-30,56H,4-10,15-20,40-42H2,1-3H3,(H2,43,57)(H,50,62)(H,51,60)(H,52,63)(H,53,59)(H,54,58)(H,55,61)(H4,44,45,48)(H4,46,47,49)/t24-,25-,26-,27-,28-,29+,30-/m0/s1. The molecule has 0 radical (unpaired) electrons. The average molecular weight is 891 g/mol. The van der Waals surface area contributed by atoms with E-state index in [0.717, 1.165) is 0 Å². The van der Waals surface area contributed by atoms with Crippen LogP contribution in [0.4, 0.5) is 0 Å². The molecule has 1 aromatic rings. The first-order chi connectivity index (χ1) is 29.7. The van der Waals surface area contributed by atoms with Gasteiger partial charge in [-0.3, -0.25) is 43.5 Å². The summed E-state index contributed by atoms with van der Waals surface area (Å²) in [6.45, 7) is 5.23. The molecular weight excluding hydrogens is 821 g/mol. The molecule has 0 saturated carbocycles. The molecule has 7 atom stereocenters. The molecule has 0 heterocycles. The highest BCUT2D eigenvalue weighted by Gasteiger charge is 2.33. The van der Waals surface area contributed by atoms with E-state index in [4.69, 9.17) is 45.9 Å². The van der Waals surface area contributed by atoms with Crippen LogP contribution in [0.15, 0.2) is 34.3 Å². The second-order valence-corrected chi connectivity index (χ2v) is 15.4. The number of benzene rings is 1. The molecule has 0 spiro atoms. The van der Waals surface area contributed by atoms with Crippen LogP contribution in [0, 0.1) is 5.92 Å². The van der Waals surface area contributed by atoms with E-state index in [9.17, 15) is 38.7 Å². The Morgan fingerprint density at radius 2 is 0.968 bits per heavy atom. The summed E-state index contributed by atoms with van der Waals surface area (Å²) in [5.74, 6) is -5.56. The Labute approximate surface area is 367 Å². The minimum absolute atomic E-state index is 0.0210. The van der Waals surface area contributed by atoms with E-state index >= 15 is 0 Å². The number of rotatable bonds is 30. The lowest BCUT2D eigenvalue weighted by Gasteiger charge is -2.27. The minimum atomic E-state index is -1.35. The summed E-state index contributed by atoms with van der Waals surface area (Å²) in [6, 6.07) is -2.74. The first-order valence-corrected chi connectivity index (χ1v) is 20.9. The SMILES string of the molecule is CCC[C@H](NC(=O)[C@H](CCCN=C(N)N)NC(=O)[C@@H](CN)NC(=O)[C@@H](N)CCCN=C(N)N)C(=O)N[C@@H](Cc1ccc(O)cc1)C(=O)N[C@@H](CN)C(=O)N[C@@H](CCC(C)C)C(N)=O. The maximum absolute atomic E-state index is 14.0. The molecule has 0 bridgehead atoms. The first-order valence-electron chi connectivity index (χ1n) is 20.9. The van der Waals surface area contributed by atoms with Crippen molar-refractivity contribution < 1.29 is 38.7 Å². The zero-order valence-corrected chi connectivity index (χ0v) is 36.4. The average Bonchev–Trinajstić information content (AvgIpc) is 3.22. The lowest BCUT2D eigenvalue weighted by molar-refractivity contribution is -0.135. The predicted octanol–water partition coefficient (Wildman–Crippen LogP) is -5.08. The van der Waals surface area contributed by atoms with Gasteiger partial charge in [-0.25, -0.2) is 0 Å². The summed E-state index contributed by atoms with van der Waals surface area (Å²) in [6.07, 6.45) is 1.93. The molecule has 24 nitrogen and oxygen atoms in total. The topological polar surface area (TPSA) is 445 Å². The van der Waals surface area contributed by atoms with Crippen molar-refractivity contribution in [1.29, 1.82) is 0 Å². The number of nitrogens with two attached hydrogens (primary N) is 8. The zero-order chi connectivity index (χ0) is 47.6. The van der Waals surface area contributed by atoms with Crippen molar-refractivity contribution in [2.45, 2.75) is 121 Å². The fourth-order valence-corrected chi connectivity index (χ4v) is 5.95. The van der Waals surface area contributed by atoms with Crippen molar-refractivity contribution in [3.05, 3.63) is 29.8 Å². The third-order valence-corrected chi connectivity index (χ3v) is 9.53. The number of nitrogens with one attached hydrogen (secondary N) is 6. The van der Waals surface area contributed by atoms with Gasteiger partial charge in [0.1, 0.15) is 42.0 Å². The number of carbonyl (C=O) groups is 7. The third kappa shape index (κ3) is 21.9. The number of nitrogens with zero attached hydrogens (tertiary/aromatic N) is 2. The number of primary amides is 1. The number of aliphatic imine (C=N–C) groups is 2. The number of phenolic OH excluding ortho intramolecular Hbond substituents is 1. The number of carbonyl (C=O) groups excluding carboxylic acids is 7. The van der Waals surface area contributed by atoms with Crippen molar-refractivity contribution in [2.24, 2.45) is 61.8 Å². The van der Waals surface area contributed by atoms with Gasteiger partial charge in [0.25, 0.3) is 0 Å². The molecule has 0 aromatic heterocycles. The van der Waals surface area contributed by atoms with Gasteiger partial charge < -0.3 is 82.9 Å². The number of guanidine groups is 2. The number of phenols is 1. The normalized spacial score (nSPS) is 14.3. The van der Waals surface area contributed by atoms with E-state index in [-0.39, 0.29) is 88.3 Å². The first kappa shape index (κ1) is 54.7. The number of amides is 7. The van der Waals surface area contributed by atoms with Crippen LogP contribution >= 0.6 is 0 Å². The molecule has 0 unspecified atom stereocenters. The van der Waals surface area contributed by atoms with Crippen LogP contribution in [0.5, 0.6) is 5.75 Å². The van der Waals surface area contributed by atoms with Gasteiger partial charge in [0, 0.05) is 32.6 Å². The second-order valence-electron chi connectivity index (χ2n) is 15.4. The number of hydrogen-bond donors (Lipinski definition) is 15. The smallest absolute Gasteiger partial charge is 0.244 e. The molecule has 0 fully saturated rings. The molecule has 354 valence electrons. The fourth-order valence-electron chi connectivity index (χ4n) is 5.95. The Morgan fingerprint density at radius 3 is 1.43 bits per heavy atom. The molecule has 7 amide bonds. The van der Waals surface area contributed by atoms with Crippen LogP contribution in [0.1, 0.15) is 77.7 Å². The summed E-state index contributed by atoms with van der Waals surface area (Å²) in [5, 5.41) is 25.3. The van der Waals surface area contributed by atoms with Crippen molar-refractivity contribution in [3.63, 3.8) is 0 Å². The molecule has 63 heavy (non-hydrogen) atoms.